The van der Waals surface area contributed by atoms with E-state index >= 15 is 0 Å². The standard InChI is InChI=1S/C15H22BrNO/c1-3-12-6-8-17(9-7-12)15-5-4-13(16)10-14(15)11(2)18/h4-5,10-12,18H,3,6-9H2,1-2H3. The van der Waals surface area contributed by atoms with E-state index in [2.05, 4.69) is 39.9 Å². The Labute approximate surface area is 118 Å². The van der Waals surface area contributed by atoms with Crippen molar-refractivity contribution < 1.29 is 5.11 Å². The molecule has 1 atom stereocenters. The number of piperidine rings is 1. The van der Waals surface area contributed by atoms with Crippen molar-refractivity contribution in [2.45, 2.75) is 39.2 Å². The van der Waals surface area contributed by atoms with Gasteiger partial charge in [-0.3, -0.25) is 0 Å². The maximum Gasteiger partial charge on any atom is 0.0782 e. The van der Waals surface area contributed by atoms with E-state index in [1.807, 2.05) is 13.0 Å². The molecular formula is C15H22BrNO. The summed E-state index contributed by atoms with van der Waals surface area (Å²) in [5.41, 5.74) is 2.22. The van der Waals surface area contributed by atoms with Gasteiger partial charge in [0.2, 0.25) is 0 Å². The molecule has 100 valence electrons. The van der Waals surface area contributed by atoms with E-state index in [1.165, 1.54) is 24.9 Å². The second-order valence-electron chi connectivity index (χ2n) is 5.22. The zero-order valence-corrected chi connectivity index (χ0v) is 12.8. The van der Waals surface area contributed by atoms with Crippen molar-refractivity contribution in [2.75, 3.05) is 18.0 Å². The molecule has 1 fully saturated rings. The SMILES string of the molecule is CCC1CCN(c2ccc(Br)cc2C(C)O)CC1. The van der Waals surface area contributed by atoms with E-state index in [-0.39, 0.29) is 0 Å². The van der Waals surface area contributed by atoms with Crippen LogP contribution in [0.2, 0.25) is 0 Å². The van der Waals surface area contributed by atoms with Crippen LogP contribution in [-0.2, 0) is 0 Å². The Morgan fingerprint density at radius 1 is 1.39 bits per heavy atom. The topological polar surface area (TPSA) is 23.5 Å². The number of hydrogen-bond acceptors (Lipinski definition) is 2. The average Bonchev–Trinajstić information content (AvgIpc) is 2.39. The van der Waals surface area contributed by atoms with Crippen molar-refractivity contribution in [1.29, 1.82) is 0 Å². The van der Waals surface area contributed by atoms with Crippen LogP contribution in [0.4, 0.5) is 5.69 Å². The summed E-state index contributed by atoms with van der Waals surface area (Å²) in [6, 6.07) is 6.22. The molecule has 1 aromatic carbocycles. The Bertz CT molecular complexity index is 397. The third-order valence-electron chi connectivity index (χ3n) is 3.97. The first kappa shape index (κ1) is 13.9. The Balaban J connectivity index is 2.18. The molecule has 1 aliphatic heterocycles. The molecule has 1 unspecified atom stereocenters. The maximum atomic E-state index is 9.91. The first-order valence-corrected chi connectivity index (χ1v) is 7.63. The van der Waals surface area contributed by atoms with Crippen LogP contribution in [0.15, 0.2) is 22.7 Å². The highest BCUT2D eigenvalue weighted by molar-refractivity contribution is 9.10. The van der Waals surface area contributed by atoms with Crippen LogP contribution in [0.5, 0.6) is 0 Å². The second-order valence-corrected chi connectivity index (χ2v) is 6.13. The third-order valence-corrected chi connectivity index (χ3v) is 4.47. The largest absolute Gasteiger partial charge is 0.389 e. The molecule has 0 amide bonds. The minimum atomic E-state index is -0.415. The van der Waals surface area contributed by atoms with E-state index in [0.717, 1.165) is 29.0 Å². The second kappa shape index (κ2) is 6.07. The molecule has 1 heterocycles. The molecule has 2 nitrogen and oxygen atoms in total. The number of rotatable bonds is 3. The maximum absolute atomic E-state index is 9.91. The van der Waals surface area contributed by atoms with Gasteiger partial charge in [-0.1, -0.05) is 29.3 Å². The first-order valence-electron chi connectivity index (χ1n) is 6.84. The average molecular weight is 312 g/mol. The molecule has 18 heavy (non-hydrogen) atoms. The summed E-state index contributed by atoms with van der Waals surface area (Å²) in [4.78, 5) is 2.42. The van der Waals surface area contributed by atoms with Gasteiger partial charge in [-0.15, -0.1) is 0 Å². The highest BCUT2D eigenvalue weighted by atomic mass is 79.9. The van der Waals surface area contributed by atoms with E-state index in [1.54, 1.807) is 0 Å². The highest BCUT2D eigenvalue weighted by Gasteiger charge is 2.21. The van der Waals surface area contributed by atoms with Crippen molar-refractivity contribution in [3.63, 3.8) is 0 Å². The van der Waals surface area contributed by atoms with Gasteiger partial charge in [0.1, 0.15) is 0 Å². The minimum absolute atomic E-state index is 0.415. The summed E-state index contributed by atoms with van der Waals surface area (Å²) in [6.45, 7) is 6.34. The number of anilines is 1. The summed E-state index contributed by atoms with van der Waals surface area (Å²) in [6.07, 6.45) is 3.41. The molecule has 1 aliphatic rings. The van der Waals surface area contributed by atoms with Crippen LogP contribution in [-0.4, -0.2) is 18.2 Å². The number of hydrogen-bond donors (Lipinski definition) is 1. The van der Waals surface area contributed by atoms with Crippen molar-refractivity contribution in [1.82, 2.24) is 0 Å². The lowest BCUT2D eigenvalue weighted by Crippen LogP contribution is -2.34. The first-order chi connectivity index (χ1) is 8.61. The summed E-state index contributed by atoms with van der Waals surface area (Å²) in [7, 11) is 0. The predicted molar refractivity (Wildman–Crippen MR) is 80.0 cm³/mol. The summed E-state index contributed by atoms with van der Waals surface area (Å²) < 4.78 is 1.03. The zero-order valence-electron chi connectivity index (χ0n) is 11.2. The van der Waals surface area contributed by atoms with E-state index in [0.29, 0.717) is 0 Å². The molecule has 0 saturated carbocycles. The van der Waals surface area contributed by atoms with Gasteiger partial charge in [-0.25, -0.2) is 0 Å². The fourth-order valence-corrected chi connectivity index (χ4v) is 3.11. The van der Waals surface area contributed by atoms with E-state index in [9.17, 15) is 5.11 Å². The summed E-state index contributed by atoms with van der Waals surface area (Å²) in [5.74, 6) is 0.881. The van der Waals surface area contributed by atoms with Crippen molar-refractivity contribution in [3.05, 3.63) is 28.2 Å². The van der Waals surface area contributed by atoms with E-state index < -0.39 is 6.10 Å². The lowest BCUT2D eigenvalue weighted by atomic mass is 9.93. The summed E-state index contributed by atoms with van der Waals surface area (Å²) >= 11 is 3.48. The lowest BCUT2D eigenvalue weighted by Gasteiger charge is -2.35. The molecule has 0 spiro atoms. The smallest absolute Gasteiger partial charge is 0.0782 e. The fraction of sp³-hybridized carbons (Fsp3) is 0.600. The molecule has 1 N–H and O–H groups in total. The number of halogens is 1. The molecule has 3 heteroatoms. The quantitative estimate of drug-likeness (QED) is 0.907. The molecule has 1 aromatic rings. The van der Waals surface area contributed by atoms with Gasteiger partial charge in [0.05, 0.1) is 6.10 Å². The van der Waals surface area contributed by atoms with Gasteiger partial charge < -0.3 is 10.0 Å². The van der Waals surface area contributed by atoms with Crippen molar-refractivity contribution in [2.24, 2.45) is 5.92 Å². The lowest BCUT2D eigenvalue weighted by molar-refractivity contribution is 0.199. The van der Waals surface area contributed by atoms with Gasteiger partial charge in [0.15, 0.2) is 0 Å². The molecule has 0 radical (unpaired) electrons. The Morgan fingerprint density at radius 3 is 2.61 bits per heavy atom. The van der Waals surface area contributed by atoms with Crippen LogP contribution in [0.3, 0.4) is 0 Å². The van der Waals surface area contributed by atoms with Crippen LogP contribution < -0.4 is 4.90 Å². The minimum Gasteiger partial charge on any atom is -0.389 e. The molecule has 1 saturated heterocycles. The number of aliphatic hydroxyl groups is 1. The van der Waals surface area contributed by atoms with Crippen LogP contribution >= 0.6 is 15.9 Å². The normalized spacial score (nSPS) is 19.0. The number of benzene rings is 1. The number of aliphatic hydroxyl groups excluding tert-OH is 1. The van der Waals surface area contributed by atoms with E-state index in [4.69, 9.17) is 0 Å². The highest BCUT2D eigenvalue weighted by Crippen LogP contribution is 2.32. The van der Waals surface area contributed by atoms with Crippen LogP contribution in [0.1, 0.15) is 44.8 Å². The van der Waals surface area contributed by atoms with Gasteiger partial charge in [0.25, 0.3) is 0 Å². The van der Waals surface area contributed by atoms with Crippen LogP contribution in [0, 0.1) is 5.92 Å². The Hall–Kier alpha value is -0.540. The molecule has 0 bridgehead atoms. The van der Waals surface area contributed by atoms with Gasteiger partial charge in [0, 0.05) is 28.8 Å². The van der Waals surface area contributed by atoms with Gasteiger partial charge in [-0.05, 0) is 43.9 Å². The van der Waals surface area contributed by atoms with Crippen molar-refractivity contribution in [3.8, 4) is 0 Å². The molecule has 0 aliphatic carbocycles. The van der Waals surface area contributed by atoms with Crippen LogP contribution in [0.25, 0.3) is 0 Å². The number of nitrogens with zero attached hydrogens (tertiary/aromatic N) is 1. The zero-order chi connectivity index (χ0) is 13.1. The molecule has 2 rings (SSSR count). The summed E-state index contributed by atoms with van der Waals surface area (Å²) in [5, 5.41) is 9.91. The van der Waals surface area contributed by atoms with Crippen molar-refractivity contribution >= 4 is 21.6 Å². The molecular weight excluding hydrogens is 290 g/mol. The Kier molecular flexibility index (Phi) is 4.68. The predicted octanol–water partition coefficient (Wildman–Crippen LogP) is 4.13. The fourth-order valence-electron chi connectivity index (χ4n) is 2.73. The third kappa shape index (κ3) is 3.07. The molecule has 0 aromatic heterocycles. The van der Waals surface area contributed by atoms with Gasteiger partial charge in [-0.2, -0.15) is 0 Å². The van der Waals surface area contributed by atoms with Gasteiger partial charge >= 0.3 is 0 Å². The monoisotopic (exact) mass is 311 g/mol. The Morgan fingerprint density at radius 2 is 2.06 bits per heavy atom.